The number of hydrogen-bond acceptors (Lipinski definition) is 2. The second kappa shape index (κ2) is 8.77. The van der Waals surface area contributed by atoms with Gasteiger partial charge in [-0.25, -0.2) is 0 Å². The summed E-state index contributed by atoms with van der Waals surface area (Å²) in [6.45, 7) is 8.19. The normalized spacial score (nSPS) is 16.6. The van der Waals surface area contributed by atoms with Crippen LogP contribution in [0.2, 0.25) is 0 Å². The molecule has 0 saturated carbocycles. The number of ether oxygens (including phenoxy) is 1. The molecule has 0 spiro atoms. The molecule has 0 atom stereocenters. The van der Waals surface area contributed by atoms with Crippen LogP contribution in [-0.4, -0.2) is 26.3 Å². The third-order valence-corrected chi connectivity index (χ3v) is 2.88. The smallest absolute Gasteiger partial charge is 0.0591 e. The first kappa shape index (κ1) is 13.7. The van der Waals surface area contributed by atoms with E-state index in [1.54, 1.807) is 5.57 Å². The lowest BCUT2D eigenvalue weighted by molar-refractivity contribution is 0.112. The van der Waals surface area contributed by atoms with E-state index >= 15 is 0 Å². The minimum Gasteiger partial charge on any atom is -0.380 e. The van der Waals surface area contributed by atoms with E-state index in [0.717, 1.165) is 26.3 Å². The summed E-state index contributed by atoms with van der Waals surface area (Å²) in [7, 11) is 0. The van der Waals surface area contributed by atoms with Crippen LogP contribution >= 0.6 is 0 Å². The summed E-state index contributed by atoms with van der Waals surface area (Å²) in [4.78, 5) is 0. The lowest BCUT2D eigenvalue weighted by Crippen LogP contribution is -2.22. The number of rotatable bonds is 8. The molecule has 0 aromatic heterocycles. The Hall–Kier alpha value is -0.340. The summed E-state index contributed by atoms with van der Waals surface area (Å²) in [6, 6.07) is 0. The summed E-state index contributed by atoms with van der Waals surface area (Å²) in [5.74, 6) is 0.646. The molecule has 0 heterocycles. The molecule has 0 fully saturated rings. The highest BCUT2D eigenvalue weighted by molar-refractivity contribution is 5.05. The molecule has 1 aliphatic carbocycles. The van der Waals surface area contributed by atoms with Gasteiger partial charge in [-0.1, -0.05) is 25.5 Å². The van der Waals surface area contributed by atoms with Crippen LogP contribution in [0.15, 0.2) is 11.6 Å². The van der Waals surface area contributed by atoms with Gasteiger partial charge in [0, 0.05) is 13.2 Å². The van der Waals surface area contributed by atoms with Crippen LogP contribution in [0.4, 0.5) is 0 Å². The summed E-state index contributed by atoms with van der Waals surface area (Å²) in [6.07, 6.45) is 9.06. The molecule has 0 radical (unpaired) electrons. The summed E-state index contributed by atoms with van der Waals surface area (Å²) >= 11 is 0. The third-order valence-electron chi connectivity index (χ3n) is 2.88. The van der Waals surface area contributed by atoms with Crippen molar-refractivity contribution in [1.82, 2.24) is 5.32 Å². The van der Waals surface area contributed by atoms with Crippen molar-refractivity contribution in [3.63, 3.8) is 0 Å². The second-order valence-corrected chi connectivity index (χ2v) is 5.08. The van der Waals surface area contributed by atoms with E-state index in [4.69, 9.17) is 4.74 Å². The van der Waals surface area contributed by atoms with Crippen molar-refractivity contribution < 1.29 is 4.74 Å². The van der Waals surface area contributed by atoms with Crippen LogP contribution in [0.25, 0.3) is 0 Å². The van der Waals surface area contributed by atoms with Crippen LogP contribution < -0.4 is 5.32 Å². The van der Waals surface area contributed by atoms with Crippen molar-refractivity contribution in [2.45, 2.75) is 46.0 Å². The molecule has 1 N–H and O–H groups in total. The van der Waals surface area contributed by atoms with Gasteiger partial charge in [0.1, 0.15) is 0 Å². The molecule has 0 aliphatic heterocycles. The van der Waals surface area contributed by atoms with E-state index in [1.807, 2.05) is 0 Å². The molecule has 0 bridgehead atoms. The van der Waals surface area contributed by atoms with Crippen LogP contribution in [-0.2, 0) is 4.74 Å². The average Bonchev–Trinajstić information content (AvgIpc) is 2.29. The molecule has 94 valence electrons. The van der Waals surface area contributed by atoms with E-state index in [-0.39, 0.29) is 0 Å². The molecule has 2 nitrogen and oxygen atoms in total. The molecule has 0 aromatic rings. The first-order valence-electron chi connectivity index (χ1n) is 6.75. The van der Waals surface area contributed by atoms with E-state index in [1.165, 1.54) is 32.1 Å². The zero-order chi connectivity index (χ0) is 11.6. The van der Waals surface area contributed by atoms with Crippen LogP contribution in [0, 0.1) is 5.92 Å². The van der Waals surface area contributed by atoms with Crippen molar-refractivity contribution in [1.29, 1.82) is 0 Å². The average molecular weight is 225 g/mol. The van der Waals surface area contributed by atoms with Crippen molar-refractivity contribution in [2.75, 3.05) is 26.3 Å². The lowest BCUT2D eigenvalue weighted by atomic mass is 9.97. The van der Waals surface area contributed by atoms with Gasteiger partial charge >= 0.3 is 0 Å². The zero-order valence-electron chi connectivity index (χ0n) is 10.9. The molecule has 0 unspecified atom stereocenters. The molecule has 0 aromatic carbocycles. The Balaban J connectivity index is 1.86. The molecule has 0 saturated heterocycles. The summed E-state index contributed by atoms with van der Waals surface area (Å²) < 4.78 is 5.51. The van der Waals surface area contributed by atoms with Crippen LogP contribution in [0.5, 0.6) is 0 Å². The van der Waals surface area contributed by atoms with Gasteiger partial charge in [0.15, 0.2) is 0 Å². The molecular formula is C14H27NO. The van der Waals surface area contributed by atoms with E-state index in [9.17, 15) is 0 Å². The third kappa shape index (κ3) is 7.02. The van der Waals surface area contributed by atoms with Gasteiger partial charge in [0.2, 0.25) is 0 Å². The van der Waals surface area contributed by atoms with Crippen molar-refractivity contribution in [2.24, 2.45) is 5.92 Å². The van der Waals surface area contributed by atoms with Crippen LogP contribution in [0.1, 0.15) is 46.0 Å². The highest BCUT2D eigenvalue weighted by Crippen LogP contribution is 2.19. The van der Waals surface area contributed by atoms with Crippen molar-refractivity contribution >= 4 is 0 Å². The standard InChI is InChI=1S/C14H27NO/c1-13(2)12-16-11-10-15-9-8-14-6-4-3-5-7-14/h6,13,15H,3-5,7-12H2,1-2H3. The number of allylic oxidation sites excluding steroid dienone is 1. The Labute approximate surface area is 100 Å². The fraction of sp³-hybridized carbons (Fsp3) is 0.857. The van der Waals surface area contributed by atoms with Gasteiger partial charge < -0.3 is 10.1 Å². The Bertz CT molecular complexity index is 199. The van der Waals surface area contributed by atoms with E-state index in [0.29, 0.717) is 5.92 Å². The van der Waals surface area contributed by atoms with Gasteiger partial charge in [-0.3, -0.25) is 0 Å². The summed E-state index contributed by atoms with van der Waals surface area (Å²) in [5.41, 5.74) is 1.65. The van der Waals surface area contributed by atoms with Crippen LogP contribution in [0.3, 0.4) is 0 Å². The van der Waals surface area contributed by atoms with Crippen molar-refractivity contribution in [3.05, 3.63) is 11.6 Å². The fourth-order valence-corrected chi connectivity index (χ4v) is 1.97. The van der Waals surface area contributed by atoms with Gasteiger partial charge in [-0.15, -0.1) is 0 Å². The number of hydrogen-bond donors (Lipinski definition) is 1. The highest BCUT2D eigenvalue weighted by Gasteiger charge is 2.02. The van der Waals surface area contributed by atoms with Gasteiger partial charge in [-0.05, 0) is 44.6 Å². The lowest BCUT2D eigenvalue weighted by Gasteiger charge is -2.13. The largest absolute Gasteiger partial charge is 0.380 e. The molecule has 0 amide bonds. The first-order valence-corrected chi connectivity index (χ1v) is 6.75. The predicted octanol–water partition coefficient (Wildman–Crippen LogP) is 3.14. The van der Waals surface area contributed by atoms with Crippen molar-refractivity contribution in [3.8, 4) is 0 Å². The predicted molar refractivity (Wildman–Crippen MR) is 69.7 cm³/mol. The topological polar surface area (TPSA) is 21.3 Å². The molecular weight excluding hydrogens is 198 g/mol. The SMILES string of the molecule is CC(C)COCCNCCC1=CCCCC1. The first-order chi connectivity index (χ1) is 7.79. The van der Waals surface area contributed by atoms with E-state index < -0.39 is 0 Å². The summed E-state index contributed by atoms with van der Waals surface area (Å²) in [5, 5.41) is 3.44. The van der Waals surface area contributed by atoms with Gasteiger partial charge in [0.05, 0.1) is 6.61 Å². The zero-order valence-corrected chi connectivity index (χ0v) is 10.9. The van der Waals surface area contributed by atoms with Gasteiger partial charge in [0.25, 0.3) is 0 Å². The van der Waals surface area contributed by atoms with E-state index in [2.05, 4.69) is 25.2 Å². The molecule has 2 heteroatoms. The maximum absolute atomic E-state index is 5.51. The fourth-order valence-electron chi connectivity index (χ4n) is 1.97. The minimum atomic E-state index is 0.646. The monoisotopic (exact) mass is 225 g/mol. The molecule has 1 rings (SSSR count). The Kier molecular flexibility index (Phi) is 7.52. The Morgan fingerprint density at radius 2 is 2.19 bits per heavy atom. The minimum absolute atomic E-state index is 0.646. The second-order valence-electron chi connectivity index (χ2n) is 5.08. The molecule has 16 heavy (non-hydrogen) atoms. The Morgan fingerprint density at radius 3 is 2.88 bits per heavy atom. The maximum Gasteiger partial charge on any atom is 0.0591 e. The number of nitrogens with one attached hydrogen (secondary N) is 1. The highest BCUT2D eigenvalue weighted by atomic mass is 16.5. The quantitative estimate of drug-likeness (QED) is 0.506. The Morgan fingerprint density at radius 1 is 1.31 bits per heavy atom. The maximum atomic E-state index is 5.51. The van der Waals surface area contributed by atoms with Gasteiger partial charge in [-0.2, -0.15) is 0 Å². The molecule has 1 aliphatic rings.